The molecule has 1 heterocycles. The number of imidazole rings is 1. The van der Waals surface area contributed by atoms with Crippen molar-refractivity contribution in [1.82, 2.24) is 9.55 Å². The van der Waals surface area contributed by atoms with Crippen molar-refractivity contribution in [2.45, 2.75) is 25.8 Å². The van der Waals surface area contributed by atoms with E-state index >= 15 is 0 Å². The summed E-state index contributed by atoms with van der Waals surface area (Å²) in [6.45, 7) is 0.682. The van der Waals surface area contributed by atoms with Crippen LogP contribution in [0.5, 0.6) is 0 Å². The highest BCUT2D eigenvalue weighted by Gasteiger charge is 2.21. The second kappa shape index (κ2) is 4.01. The largest absolute Gasteiger partial charge is 0.478 e. The molecule has 1 aliphatic carbocycles. The van der Waals surface area contributed by atoms with E-state index in [1.807, 2.05) is 0 Å². The molecule has 1 saturated carbocycles. The predicted molar refractivity (Wildman–Crippen MR) is 66.9 cm³/mol. The third-order valence-corrected chi connectivity index (χ3v) is 3.71. The quantitative estimate of drug-likeness (QED) is 0.867. The number of aromatic nitrogens is 2. The number of fused-ring (bicyclic) bond motifs is 1. The monoisotopic (exact) mass is 246 g/mol. The molecule has 1 aromatic carbocycles. The second-order valence-electron chi connectivity index (χ2n) is 4.84. The van der Waals surface area contributed by atoms with Crippen LogP contribution in [-0.2, 0) is 6.54 Å². The van der Waals surface area contributed by atoms with E-state index in [1.165, 1.54) is 12.5 Å². The first kappa shape index (κ1) is 11.1. The molecule has 0 amide bonds. The number of H-pyrrole nitrogens is 1. The van der Waals surface area contributed by atoms with Crippen molar-refractivity contribution in [3.63, 3.8) is 0 Å². The lowest BCUT2D eigenvalue weighted by Crippen LogP contribution is -2.25. The van der Waals surface area contributed by atoms with Crippen molar-refractivity contribution in [1.29, 1.82) is 0 Å². The van der Waals surface area contributed by atoms with Gasteiger partial charge in [-0.3, -0.25) is 4.57 Å². The van der Waals surface area contributed by atoms with E-state index in [0.717, 1.165) is 12.8 Å². The number of carboxylic acids is 1. The van der Waals surface area contributed by atoms with Crippen molar-refractivity contribution >= 4 is 17.0 Å². The zero-order valence-electron chi connectivity index (χ0n) is 9.85. The minimum atomic E-state index is -1.02. The molecule has 0 bridgehead atoms. The first-order valence-electron chi connectivity index (χ1n) is 6.11. The van der Waals surface area contributed by atoms with Gasteiger partial charge in [0.05, 0.1) is 16.6 Å². The van der Waals surface area contributed by atoms with Crippen LogP contribution in [-0.4, -0.2) is 20.6 Å². The molecule has 5 nitrogen and oxygen atoms in total. The summed E-state index contributed by atoms with van der Waals surface area (Å²) in [5.74, 6) is -0.465. The molecule has 5 heteroatoms. The summed E-state index contributed by atoms with van der Waals surface area (Å²) in [6.07, 6.45) is 3.53. The Morgan fingerprint density at radius 3 is 2.83 bits per heavy atom. The number of hydrogen-bond donors (Lipinski definition) is 2. The molecule has 1 aromatic heterocycles. The van der Waals surface area contributed by atoms with Crippen LogP contribution in [0.3, 0.4) is 0 Å². The molecular formula is C13H14N2O3. The average molecular weight is 246 g/mol. The van der Waals surface area contributed by atoms with Crippen LogP contribution < -0.4 is 5.69 Å². The van der Waals surface area contributed by atoms with Crippen molar-refractivity contribution in [2.24, 2.45) is 5.92 Å². The highest BCUT2D eigenvalue weighted by atomic mass is 16.4. The van der Waals surface area contributed by atoms with Gasteiger partial charge in [0, 0.05) is 6.54 Å². The number of hydrogen-bond acceptors (Lipinski definition) is 2. The average Bonchev–Trinajstić information content (AvgIpc) is 2.59. The summed E-state index contributed by atoms with van der Waals surface area (Å²) in [5.41, 5.74) is 1.05. The van der Waals surface area contributed by atoms with Crippen molar-refractivity contribution in [2.75, 3.05) is 0 Å². The van der Waals surface area contributed by atoms with E-state index < -0.39 is 5.97 Å². The minimum absolute atomic E-state index is 0.150. The summed E-state index contributed by atoms with van der Waals surface area (Å²) in [4.78, 5) is 25.7. The van der Waals surface area contributed by atoms with E-state index in [2.05, 4.69) is 4.98 Å². The number of rotatable bonds is 3. The van der Waals surface area contributed by atoms with Gasteiger partial charge in [-0.05, 0) is 30.9 Å². The van der Waals surface area contributed by atoms with Crippen LogP contribution in [0.25, 0.3) is 11.0 Å². The van der Waals surface area contributed by atoms with Gasteiger partial charge in [0.2, 0.25) is 0 Å². The zero-order chi connectivity index (χ0) is 12.7. The van der Waals surface area contributed by atoms with Gasteiger partial charge < -0.3 is 10.1 Å². The van der Waals surface area contributed by atoms with Crippen molar-refractivity contribution < 1.29 is 9.90 Å². The SMILES string of the molecule is O=C(O)c1cccc2c1[nH]c(=O)n2CC1CCC1. The molecule has 0 spiro atoms. The van der Waals surface area contributed by atoms with Gasteiger partial charge in [-0.25, -0.2) is 9.59 Å². The van der Waals surface area contributed by atoms with Crippen LogP contribution in [0.15, 0.2) is 23.0 Å². The molecule has 0 unspecified atom stereocenters. The van der Waals surface area contributed by atoms with Gasteiger partial charge in [0.1, 0.15) is 0 Å². The highest BCUT2D eigenvalue weighted by Crippen LogP contribution is 2.28. The standard InChI is InChI=1S/C13H14N2O3/c16-12(17)9-5-2-6-10-11(9)14-13(18)15(10)7-8-3-1-4-8/h2,5-6,8H,1,3-4,7H2,(H,14,18)(H,16,17). The molecule has 3 rings (SSSR count). The molecule has 0 atom stereocenters. The first-order chi connectivity index (χ1) is 8.66. The maximum Gasteiger partial charge on any atom is 0.337 e. The van der Waals surface area contributed by atoms with Gasteiger partial charge in [0.25, 0.3) is 0 Å². The number of aromatic carboxylic acids is 1. The zero-order valence-corrected chi connectivity index (χ0v) is 9.85. The van der Waals surface area contributed by atoms with Crippen molar-refractivity contribution in [3.8, 4) is 0 Å². The smallest absolute Gasteiger partial charge is 0.337 e. The fraction of sp³-hybridized carbons (Fsp3) is 0.385. The van der Waals surface area contributed by atoms with Gasteiger partial charge in [-0.2, -0.15) is 0 Å². The highest BCUT2D eigenvalue weighted by molar-refractivity contribution is 6.00. The summed E-state index contributed by atoms with van der Waals surface area (Å²) in [7, 11) is 0. The lowest BCUT2D eigenvalue weighted by Gasteiger charge is -2.25. The molecule has 1 aliphatic rings. The van der Waals surface area contributed by atoms with Gasteiger partial charge in [-0.15, -0.1) is 0 Å². The second-order valence-corrected chi connectivity index (χ2v) is 4.84. The lowest BCUT2D eigenvalue weighted by atomic mass is 9.85. The van der Waals surface area contributed by atoms with Crippen LogP contribution in [0.4, 0.5) is 0 Å². The third kappa shape index (κ3) is 1.63. The molecule has 94 valence electrons. The van der Waals surface area contributed by atoms with Gasteiger partial charge in [-0.1, -0.05) is 12.5 Å². The van der Waals surface area contributed by atoms with Crippen LogP contribution in [0.1, 0.15) is 29.6 Å². The number of aromatic amines is 1. The Kier molecular flexibility index (Phi) is 2.47. The topological polar surface area (TPSA) is 75.1 Å². The third-order valence-electron chi connectivity index (χ3n) is 3.71. The Labute approximate surface area is 103 Å². The van der Waals surface area contributed by atoms with E-state index in [0.29, 0.717) is 23.5 Å². The fourth-order valence-electron chi connectivity index (χ4n) is 2.47. The van der Waals surface area contributed by atoms with Crippen molar-refractivity contribution in [3.05, 3.63) is 34.2 Å². The lowest BCUT2D eigenvalue weighted by molar-refractivity contribution is 0.0699. The number of nitrogens with zero attached hydrogens (tertiary/aromatic N) is 1. The molecule has 2 N–H and O–H groups in total. The van der Waals surface area contributed by atoms with E-state index in [4.69, 9.17) is 5.11 Å². The Morgan fingerprint density at radius 1 is 1.44 bits per heavy atom. The van der Waals surface area contributed by atoms with E-state index in [1.54, 1.807) is 16.7 Å². The Morgan fingerprint density at radius 2 is 2.22 bits per heavy atom. The molecule has 0 aliphatic heterocycles. The van der Waals surface area contributed by atoms with E-state index in [-0.39, 0.29) is 11.3 Å². The van der Waals surface area contributed by atoms with Gasteiger partial charge in [0.15, 0.2) is 0 Å². The summed E-state index contributed by atoms with van der Waals surface area (Å²) in [5, 5.41) is 9.09. The van der Waals surface area contributed by atoms with Crippen LogP contribution in [0, 0.1) is 5.92 Å². The number of benzene rings is 1. The maximum atomic E-state index is 11.9. The Hall–Kier alpha value is -2.04. The van der Waals surface area contributed by atoms with Gasteiger partial charge >= 0.3 is 11.7 Å². The molecular weight excluding hydrogens is 232 g/mol. The Balaban J connectivity index is 2.14. The summed E-state index contributed by atoms with van der Waals surface area (Å²) in [6, 6.07) is 4.98. The first-order valence-corrected chi connectivity index (χ1v) is 6.11. The molecule has 0 radical (unpaired) electrons. The van der Waals surface area contributed by atoms with Crippen LogP contribution >= 0.6 is 0 Å². The molecule has 1 fully saturated rings. The molecule has 0 saturated heterocycles. The maximum absolute atomic E-state index is 11.9. The normalized spacial score (nSPS) is 15.8. The molecule has 18 heavy (non-hydrogen) atoms. The Bertz CT molecular complexity index is 664. The summed E-state index contributed by atoms with van der Waals surface area (Å²) >= 11 is 0. The number of carbonyl (C=O) groups is 1. The van der Waals surface area contributed by atoms with Crippen LogP contribution in [0.2, 0.25) is 0 Å². The number of nitrogens with one attached hydrogen (secondary N) is 1. The molecule has 2 aromatic rings. The minimum Gasteiger partial charge on any atom is -0.478 e. The predicted octanol–water partition coefficient (Wildman–Crippen LogP) is 1.83. The summed E-state index contributed by atoms with van der Waals surface area (Å²) < 4.78 is 1.66. The van der Waals surface area contributed by atoms with E-state index in [9.17, 15) is 9.59 Å². The number of carboxylic acid groups (broad SMARTS) is 1. The number of para-hydroxylation sites is 1. The fourth-order valence-corrected chi connectivity index (χ4v) is 2.47.